The number of rotatable bonds is 7. The lowest BCUT2D eigenvalue weighted by Gasteiger charge is -2.32. The Morgan fingerprint density at radius 2 is 1.84 bits per heavy atom. The minimum absolute atomic E-state index is 0.0683. The molecule has 160 valence electrons. The van der Waals surface area contributed by atoms with E-state index in [2.05, 4.69) is 9.97 Å². The van der Waals surface area contributed by atoms with Gasteiger partial charge in [-0.15, -0.1) is 0 Å². The predicted octanol–water partition coefficient (Wildman–Crippen LogP) is 3.81. The van der Waals surface area contributed by atoms with Gasteiger partial charge in [-0.05, 0) is 42.0 Å². The molecule has 0 spiro atoms. The van der Waals surface area contributed by atoms with Crippen LogP contribution in [0.2, 0.25) is 0 Å². The first-order valence-electron chi connectivity index (χ1n) is 10.3. The molecule has 0 aliphatic carbocycles. The Kier molecular flexibility index (Phi) is 6.72. The van der Waals surface area contributed by atoms with Crippen LogP contribution in [0.5, 0.6) is 11.5 Å². The van der Waals surface area contributed by atoms with Gasteiger partial charge in [0.2, 0.25) is 5.91 Å². The lowest BCUT2D eigenvalue weighted by atomic mass is 10.1. The number of likely N-dealkylation sites (tertiary alicyclic amines) is 1. The molecule has 0 N–H and O–H groups in total. The first kappa shape index (κ1) is 20.8. The summed E-state index contributed by atoms with van der Waals surface area (Å²) in [5.41, 5.74) is 1.46. The van der Waals surface area contributed by atoms with Crippen LogP contribution < -0.4 is 9.47 Å². The third-order valence-corrected chi connectivity index (χ3v) is 5.16. The lowest BCUT2D eigenvalue weighted by Crippen LogP contribution is -2.42. The zero-order chi connectivity index (χ0) is 21.5. The van der Waals surface area contributed by atoms with Crippen molar-refractivity contribution in [3.8, 4) is 11.5 Å². The molecule has 3 aromatic rings. The van der Waals surface area contributed by atoms with E-state index in [-0.39, 0.29) is 24.2 Å². The predicted molar refractivity (Wildman–Crippen MR) is 113 cm³/mol. The summed E-state index contributed by atoms with van der Waals surface area (Å²) in [6, 6.07) is 13.8. The molecular weight excluding hydrogens is 397 g/mol. The summed E-state index contributed by atoms with van der Waals surface area (Å²) in [6.45, 7) is 1.64. The van der Waals surface area contributed by atoms with Crippen molar-refractivity contribution in [2.24, 2.45) is 0 Å². The van der Waals surface area contributed by atoms with Crippen LogP contribution in [0.1, 0.15) is 24.1 Å². The van der Waals surface area contributed by atoms with Crippen molar-refractivity contribution in [2.75, 3.05) is 13.1 Å². The van der Waals surface area contributed by atoms with Gasteiger partial charge in [0.1, 0.15) is 30.0 Å². The van der Waals surface area contributed by atoms with Crippen molar-refractivity contribution in [1.29, 1.82) is 0 Å². The average Bonchev–Trinajstić information content (AvgIpc) is 2.80. The summed E-state index contributed by atoms with van der Waals surface area (Å²) in [6.07, 6.45) is 6.73. The molecule has 2 heterocycles. The van der Waals surface area contributed by atoms with E-state index in [1.807, 2.05) is 35.2 Å². The fourth-order valence-corrected chi connectivity index (χ4v) is 3.51. The smallest absolute Gasteiger partial charge is 0.228 e. The Hall–Kier alpha value is -3.48. The van der Waals surface area contributed by atoms with E-state index in [9.17, 15) is 9.18 Å². The van der Waals surface area contributed by atoms with E-state index in [1.54, 1.807) is 24.7 Å². The molecule has 0 unspecified atom stereocenters. The number of benzene rings is 2. The van der Waals surface area contributed by atoms with Crippen molar-refractivity contribution < 1.29 is 18.7 Å². The van der Waals surface area contributed by atoms with Gasteiger partial charge in [-0.3, -0.25) is 14.8 Å². The first-order chi connectivity index (χ1) is 15.2. The molecular formula is C24H24FN3O3. The second-order valence-corrected chi connectivity index (χ2v) is 7.46. The molecule has 1 aliphatic heterocycles. The first-order valence-corrected chi connectivity index (χ1v) is 10.3. The second kappa shape index (κ2) is 10.0. The number of carbonyl (C=O) groups excluding carboxylic acids is 1. The van der Waals surface area contributed by atoms with Crippen LogP contribution in [0.4, 0.5) is 4.39 Å². The van der Waals surface area contributed by atoms with E-state index < -0.39 is 0 Å². The molecule has 0 atom stereocenters. The Bertz CT molecular complexity index is 990. The molecule has 1 amide bonds. The van der Waals surface area contributed by atoms with E-state index in [0.717, 1.165) is 24.2 Å². The summed E-state index contributed by atoms with van der Waals surface area (Å²) < 4.78 is 25.0. The normalized spacial score (nSPS) is 14.3. The maximum absolute atomic E-state index is 13.2. The minimum Gasteiger partial charge on any atom is -0.490 e. The fourth-order valence-electron chi connectivity index (χ4n) is 3.51. The average molecular weight is 421 g/mol. The van der Waals surface area contributed by atoms with Crippen LogP contribution in [-0.2, 0) is 17.8 Å². The monoisotopic (exact) mass is 421 g/mol. The van der Waals surface area contributed by atoms with Gasteiger partial charge in [-0.1, -0.05) is 12.1 Å². The van der Waals surface area contributed by atoms with Gasteiger partial charge in [-0.25, -0.2) is 4.39 Å². The highest BCUT2D eigenvalue weighted by Crippen LogP contribution is 2.23. The third kappa shape index (κ3) is 6.01. The molecule has 31 heavy (non-hydrogen) atoms. The number of halogens is 1. The minimum atomic E-state index is -0.272. The molecule has 1 fully saturated rings. The number of ether oxygens (including phenoxy) is 2. The van der Waals surface area contributed by atoms with Crippen LogP contribution >= 0.6 is 0 Å². The quantitative estimate of drug-likeness (QED) is 0.581. The van der Waals surface area contributed by atoms with Gasteiger partial charge >= 0.3 is 0 Å². The Morgan fingerprint density at radius 3 is 2.55 bits per heavy atom. The van der Waals surface area contributed by atoms with Crippen molar-refractivity contribution in [3.05, 3.63) is 84.2 Å². The van der Waals surface area contributed by atoms with Gasteiger partial charge in [0.25, 0.3) is 0 Å². The topological polar surface area (TPSA) is 64.6 Å². The Labute approximate surface area is 180 Å². The van der Waals surface area contributed by atoms with Gasteiger partial charge in [-0.2, -0.15) is 0 Å². The molecule has 6 nitrogen and oxygen atoms in total. The number of amides is 1. The standard InChI is InChI=1S/C24H24FN3O3/c25-19-3-1-2-18(14-19)17-30-21-4-6-22(7-5-21)31-23-8-12-28(13-9-23)24(29)15-20-16-26-10-11-27-20/h1-7,10-11,14,16,23H,8-9,12-13,15,17H2. The molecule has 4 rings (SSSR count). The number of hydrogen-bond donors (Lipinski definition) is 0. The Morgan fingerprint density at radius 1 is 1.06 bits per heavy atom. The summed E-state index contributed by atoms with van der Waals surface area (Å²) in [5.74, 6) is 1.26. The van der Waals surface area contributed by atoms with Gasteiger partial charge < -0.3 is 14.4 Å². The molecule has 1 aromatic heterocycles. The summed E-state index contributed by atoms with van der Waals surface area (Å²) in [7, 11) is 0. The number of hydrogen-bond acceptors (Lipinski definition) is 5. The number of carbonyl (C=O) groups is 1. The van der Waals surface area contributed by atoms with Crippen LogP contribution in [0.3, 0.4) is 0 Å². The van der Waals surface area contributed by atoms with Crippen LogP contribution in [0, 0.1) is 5.82 Å². The number of piperidine rings is 1. The molecule has 0 saturated carbocycles. The van der Waals surface area contributed by atoms with Crippen LogP contribution in [0.15, 0.2) is 67.1 Å². The van der Waals surface area contributed by atoms with Crippen molar-refractivity contribution in [2.45, 2.75) is 32.0 Å². The van der Waals surface area contributed by atoms with Gasteiger partial charge in [0.15, 0.2) is 0 Å². The van der Waals surface area contributed by atoms with E-state index in [0.29, 0.717) is 31.1 Å². The summed E-state index contributed by atoms with van der Waals surface area (Å²) in [4.78, 5) is 22.5. The molecule has 2 aromatic carbocycles. The molecule has 7 heteroatoms. The number of nitrogens with zero attached hydrogens (tertiary/aromatic N) is 3. The van der Waals surface area contributed by atoms with Crippen LogP contribution in [0.25, 0.3) is 0 Å². The maximum Gasteiger partial charge on any atom is 0.228 e. The SMILES string of the molecule is O=C(Cc1cnccn1)N1CCC(Oc2ccc(OCc3cccc(F)c3)cc2)CC1. The van der Waals surface area contributed by atoms with Crippen LogP contribution in [-0.4, -0.2) is 40.0 Å². The van der Waals surface area contributed by atoms with Gasteiger partial charge in [0.05, 0.1) is 12.1 Å². The van der Waals surface area contributed by atoms with E-state index in [4.69, 9.17) is 9.47 Å². The molecule has 1 saturated heterocycles. The summed E-state index contributed by atoms with van der Waals surface area (Å²) >= 11 is 0. The highest BCUT2D eigenvalue weighted by atomic mass is 19.1. The zero-order valence-corrected chi connectivity index (χ0v) is 17.1. The number of aromatic nitrogens is 2. The highest BCUT2D eigenvalue weighted by Gasteiger charge is 2.24. The fraction of sp³-hybridized carbons (Fsp3) is 0.292. The van der Waals surface area contributed by atoms with Crippen molar-refractivity contribution >= 4 is 5.91 Å². The van der Waals surface area contributed by atoms with E-state index >= 15 is 0 Å². The Balaban J connectivity index is 1.22. The summed E-state index contributed by atoms with van der Waals surface area (Å²) in [5, 5.41) is 0. The molecule has 0 bridgehead atoms. The highest BCUT2D eigenvalue weighted by molar-refractivity contribution is 5.78. The van der Waals surface area contributed by atoms with Crippen molar-refractivity contribution in [3.63, 3.8) is 0 Å². The lowest BCUT2D eigenvalue weighted by molar-refractivity contribution is -0.132. The van der Waals surface area contributed by atoms with Gasteiger partial charge in [0, 0.05) is 44.5 Å². The second-order valence-electron chi connectivity index (χ2n) is 7.46. The third-order valence-electron chi connectivity index (χ3n) is 5.16. The molecule has 0 radical (unpaired) electrons. The zero-order valence-electron chi connectivity index (χ0n) is 17.1. The molecule has 1 aliphatic rings. The maximum atomic E-state index is 13.2. The van der Waals surface area contributed by atoms with E-state index in [1.165, 1.54) is 12.1 Å². The van der Waals surface area contributed by atoms with Crippen molar-refractivity contribution in [1.82, 2.24) is 14.9 Å². The largest absolute Gasteiger partial charge is 0.490 e.